The third-order valence-electron chi connectivity index (χ3n) is 3.91. The smallest absolute Gasteiger partial charge is 0.329 e. The normalized spacial score (nSPS) is 25.0. The predicted octanol–water partition coefficient (Wildman–Crippen LogP) is 1.70. The minimum atomic E-state index is -3.21. The van der Waals surface area contributed by atoms with Crippen molar-refractivity contribution in [2.24, 2.45) is 4.99 Å². The summed E-state index contributed by atoms with van der Waals surface area (Å²) in [4.78, 5) is 28.1. The number of benzene rings is 1. The van der Waals surface area contributed by atoms with Gasteiger partial charge in [0.15, 0.2) is 15.0 Å². The number of carbonyl (C=O) groups excluding carboxylic acids is 1. The number of rotatable bonds is 5. The van der Waals surface area contributed by atoms with Crippen LogP contribution < -0.4 is 4.90 Å². The molecule has 0 spiro atoms. The van der Waals surface area contributed by atoms with Gasteiger partial charge < -0.3 is 14.7 Å². The van der Waals surface area contributed by atoms with E-state index in [1.54, 1.807) is 23.1 Å². The topological polar surface area (TPSA) is 113 Å². The van der Waals surface area contributed by atoms with Crippen LogP contribution in [-0.2, 0) is 24.2 Å². The molecule has 0 bridgehead atoms. The molecule has 3 rings (SSSR count). The number of aliphatic carboxylic acids is 1. The Morgan fingerprint density at radius 2 is 2.04 bits per heavy atom. The molecule has 1 aromatic rings. The molecule has 8 nitrogen and oxygen atoms in total. The van der Waals surface area contributed by atoms with Crippen molar-refractivity contribution in [3.05, 3.63) is 28.2 Å². The van der Waals surface area contributed by atoms with E-state index in [9.17, 15) is 18.0 Å². The molecule has 0 saturated carbocycles. The number of nitrogens with zero attached hydrogens (tertiary/aromatic N) is 2. The number of carbonyl (C=O) groups is 2. The summed E-state index contributed by atoms with van der Waals surface area (Å²) in [7, 11) is -3.21. The number of carboxylic acids is 1. The van der Waals surface area contributed by atoms with Crippen LogP contribution in [0.25, 0.3) is 0 Å². The van der Waals surface area contributed by atoms with E-state index >= 15 is 0 Å². The van der Waals surface area contributed by atoms with Crippen LogP contribution in [0.2, 0.25) is 10.0 Å². The summed E-state index contributed by atoms with van der Waals surface area (Å²) < 4.78 is 28.8. The van der Waals surface area contributed by atoms with Gasteiger partial charge in [0.25, 0.3) is 5.91 Å². The van der Waals surface area contributed by atoms with Crippen molar-refractivity contribution in [1.29, 1.82) is 0 Å². The lowest BCUT2D eigenvalue weighted by Crippen LogP contribution is -2.38. The lowest BCUT2D eigenvalue weighted by molar-refractivity contribution is -0.143. The van der Waals surface area contributed by atoms with Gasteiger partial charge in [-0.05, 0) is 18.2 Å². The number of fused-ring (bicyclic) bond motifs is 1. The number of carboxylic acid groups (broad SMARTS) is 1. The molecule has 1 amide bonds. The summed E-state index contributed by atoms with van der Waals surface area (Å²) in [6.45, 7) is -1.11. The SMILES string of the molecule is O=C(O)COCC(=O)N=C1S[C@H]2CS(=O)(=O)C[C@H]2N1c1cc(Cl)ccc1Cl. The minimum absolute atomic E-state index is 0.0280. The van der Waals surface area contributed by atoms with Gasteiger partial charge in [0.2, 0.25) is 0 Å². The van der Waals surface area contributed by atoms with Crippen LogP contribution >= 0.6 is 35.0 Å². The van der Waals surface area contributed by atoms with E-state index in [1.165, 1.54) is 11.8 Å². The Morgan fingerprint density at radius 1 is 1.30 bits per heavy atom. The third kappa shape index (κ3) is 4.75. The van der Waals surface area contributed by atoms with Crippen molar-refractivity contribution in [2.45, 2.75) is 11.3 Å². The summed E-state index contributed by atoms with van der Waals surface area (Å²) in [6, 6.07) is 4.33. The molecule has 0 unspecified atom stereocenters. The molecule has 0 radical (unpaired) electrons. The first-order valence-corrected chi connectivity index (χ1v) is 11.1. The van der Waals surface area contributed by atoms with Gasteiger partial charge in [-0.1, -0.05) is 35.0 Å². The number of amides is 1. The highest BCUT2D eigenvalue weighted by atomic mass is 35.5. The van der Waals surface area contributed by atoms with Gasteiger partial charge in [-0.15, -0.1) is 0 Å². The quantitative estimate of drug-likeness (QED) is 0.717. The molecule has 12 heteroatoms. The second kappa shape index (κ2) is 7.96. The van der Waals surface area contributed by atoms with E-state index in [0.29, 0.717) is 15.7 Å². The van der Waals surface area contributed by atoms with E-state index in [1.807, 2.05) is 0 Å². The summed E-state index contributed by atoms with van der Waals surface area (Å²) in [5, 5.41) is 9.28. The van der Waals surface area contributed by atoms with Gasteiger partial charge in [-0.25, -0.2) is 13.2 Å². The van der Waals surface area contributed by atoms with Gasteiger partial charge in [-0.3, -0.25) is 4.79 Å². The molecule has 146 valence electrons. The third-order valence-corrected chi connectivity index (χ3v) is 7.67. The number of hydrogen-bond acceptors (Lipinski definition) is 6. The molecule has 2 fully saturated rings. The standard InChI is InChI=1S/C15H14Cl2N2O6S2/c16-8-1-2-9(17)10(3-8)19-11-6-27(23,24)7-12(11)26-15(19)18-13(20)4-25-5-14(21)22/h1-3,11-12H,4-7H2,(H,21,22)/t11-,12+/m1/s1. The fourth-order valence-corrected chi connectivity index (χ4v) is 7.18. The van der Waals surface area contributed by atoms with Crippen molar-refractivity contribution in [3.63, 3.8) is 0 Å². The van der Waals surface area contributed by atoms with Gasteiger partial charge in [-0.2, -0.15) is 4.99 Å². The van der Waals surface area contributed by atoms with Crippen molar-refractivity contribution in [2.75, 3.05) is 29.6 Å². The summed E-state index contributed by atoms with van der Waals surface area (Å²) >= 11 is 13.5. The lowest BCUT2D eigenvalue weighted by Gasteiger charge is -2.25. The molecule has 2 aliphatic heterocycles. The number of amidine groups is 1. The number of aliphatic imine (C=N–C) groups is 1. The Labute approximate surface area is 169 Å². The number of hydrogen-bond donors (Lipinski definition) is 1. The molecule has 2 atom stereocenters. The van der Waals surface area contributed by atoms with Crippen LogP contribution in [0, 0.1) is 0 Å². The Balaban J connectivity index is 1.91. The summed E-state index contributed by atoms with van der Waals surface area (Å²) in [6.07, 6.45) is 0. The van der Waals surface area contributed by atoms with Crippen LogP contribution in [-0.4, -0.2) is 66.6 Å². The highest BCUT2D eigenvalue weighted by molar-refractivity contribution is 8.16. The zero-order valence-corrected chi connectivity index (χ0v) is 16.8. The van der Waals surface area contributed by atoms with Gasteiger partial charge in [0.1, 0.15) is 13.2 Å². The summed E-state index contributed by atoms with van der Waals surface area (Å²) in [5.41, 5.74) is 0.458. The maximum Gasteiger partial charge on any atom is 0.329 e. The van der Waals surface area contributed by atoms with Crippen molar-refractivity contribution >= 4 is 67.5 Å². The van der Waals surface area contributed by atoms with Crippen LogP contribution in [0.15, 0.2) is 23.2 Å². The maximum atomic E-state index is 12.0. The van der Waals surface area contributed by atoms with E-state index in [0.717, 1.165) is 0 Å². The first-order chi connectivity index (χ1) is 12.7. The fraction of sp³-hybridized carbons (Fsp3) is 0.400. The van der Waals surface area contributed by atoms with Crippen molar-refractivity contribution in [3.8, 4) is 0 Å². The van der Waals surface area contributed by atoms with Crippen LogP contribution in [0.1, 0.15) is 0 Å². The molecule has 27 heavy (non-hydrogen) atoms. The molecule has 0 aliphatic carbocycles. The van der Waals surface area contributed by atoms with Crippen molar-refractivity contribution in [1.82, 2.24) is 0 Å². The predicted molar refractivity (Wildman–Crippen MR) is 104 cm³/mol. The highest BCUT2D eigenvalue weighted by Gasteiger charge is 2.49. The second-order valence-corrected chi connectivity index (χ2v) is 10.1. The fourth-order valence-electron chi connectivity index (χ4n) is 2.88. The Kier molecular flexibility index (Phi) is 6.02. The lowest BCUT2D eigenvalue weighted by atomic mass is 10.2. The van der Waals surface area contributed by atoms with E-state index in [2.05, 4.69) is 4.99 Å². The molecule has 0 aromatic heterocycles. The van der Waals surface area contributed by atoms with Gasteiger partial charge in [0, 0.05) is 10.3 Å². The second-order valence-electron chi connectivity index (χ2n) is 5.94. The first-order valence-electron chi connectivity index (χ1n) is 7.69. The first kappa shape index (κ1) is 20.4. The number of anilines is 1. The zero-order chi connectivity index (χ0) is 19.8. The minimum Gasteiger partial charge on any atom is -0.480 e. The Bertz CT molecular complexity index is 921. The molecule has 2 saturated heterocycles. The average molecular weight is 453 g/mol. The number of thioether (sulfide) groups is 1. The van der Waals surface area contributed by atoms with Gasteiger partial charge >= 0.3 is 5.97 Å². The Hall–Kier alpha value is -1.33. The average Bonchev–Trinajstić information content (AvgIpc) is 3.00. The summed E-state index contributed by atoms with van der Waals surface area (Å²) in [5.74, 6) is -1.99. The number of halogens is 2. The highest BCUT2D eigenvalue weighted by Crippen LogP contribution is 2.43. The zero-order valence-electron chi connectivity index (χ0n) is 13.7. The molecule has 1 N–H and O–H groups in total. The maximum absolute atomic E-state index is 12.0. The molecule has 2 heterocycles. The molecular weight excluding hydrogens is 439 g/mol. The van der Waals surface area contributed by atoms with Gasteiger partial charge in [0.05, 0.1) is 28.3 Å². The largest absolute Gasteiger partial charge is 0.480 e. The molecular formula is C15H14Cl2N2O6S2. The number of ether oxygens (including phenoxy) is 1. The molecule has 1 aromatic carbocycles. The van der Waals surface area contributed by atoms with E-state index in [-0.39, 0.29) is 21.9 Å². The monoisotopic (exact) mass is 452 g/mol. The molecule has 2 aliphatic rings. The van der Waals surface area contributed by atoms with Crippen LogP contribution in [0.5, 0.6) is 0 Å². The van der Waals surface area contributed by atoms with Crippen LogP contribution in [0.4, 0.5) is 5.69 Å². The number of sulfone groups is 1. The Morgan fingerprint density at radius 3 is 2.74 bits per heavy atom. The van der Waals surface area contributed by atoms with E-state index in [4.69, 9.17) is 33.0 Å². The van der Waals surface area contributed by atoms with Crippen LogP contribution in [0.3, 0.4) is 0 Å². The van der Waals surface area contributed by atoms with E-state index < -0.39 is 41.0 Å². The van der Waals surface area contributed by atoms with Crippen molar-refractivity contribution < 1.29 is 27.9 Å².